The van der Waals surface area contributed by atoms with E-state index in [4.69, 9.17) is 9.47 Å². The highest BCUT2D eigenvalue weighted by Gasteiger charge is 2.06. The Morgan fingerprint density at radius 3 is 2.86 bits per heavy atom. The monoisotopic (exact) mass is 259 g/mol. The number of methoxy groups -OCH3 is 1. The van der Waals surface area contributed by atoms with Crippen LogP contribution >= 0.6 is 15.9 Å². The fraction of sp³-hybridized carbons (Fsp3) is 0.333. The first-order chi connectivity index (χ1) is 6.74. The second-order valence-electron chi connectivity index (χ2n) is 2.50. The van der Waals surface area contributed by atoms with Gasteiger partial charge in [-0.05, 0) is 28.1 Å². The van der Waals surface area contributed by atoms with E-state index in [1.807, 2.05) is 0 Å². The van der Waals surface area contributed by atoms with E-state index in [-0.39, 0.29) is 12.6 Å². The molecule has 1 aromatic rings. The summed E-state index contributed by atoms with van der Waals surface area (Å²) in [4.78, 5) is 15.2. The van der Waals surface area contributed by atoms with Crippen molar-refractivity contribution in [3.8, 4) is 0 Å². The van der Waals surface area contributed by atoms with Crippen molar-refractivity contribution in [1.82, 2.24) is 4.98 Å². The molecule has 0 amide bonds. The molecule has 0 N–H and O–H groups in total. The minimum Gasteiger partial charge on any atom is -0.460 e. The van der Waals surface area contributed by atoms with Gasteiger partial charge in [-0.25, -0.2) is 9.78 Å². The summed E-state index contributed by atoms with van der Waals surface area (Å²) < 4.78 is 10.3. The van der Waals surface area contributed by atoms with Crippen LogP contribution in [0.2, 0.25) is 0 Å². The van der Waals surface area contributed by atoms with Crippen LogP contribution in [0.4, 0.5) is 0 Å². The highest BCUT2D eigenvalue weighted by atomic mass is 79.9. The molecule has 0 aliphatic heterocycles. The van der Waals surface area contributed by atoms with Gasteiger partial charge in [0.1, 0.15) is 11.2 Å². The van der Waals surface area contributed by atoms with Crippen molar-refractivity contribution in [3.63, 3.8) is 0 Å². The number of esters is 1. The van der Waals surface area contributed by atoms with E-state index in [9.17, 15) is 4.79 Å². The minimum absolute atomic E-state index is 0.255. The number of hydrogen-bond donors (Lipinski definition) is 0. The molecule has 0 aliphatic rings. The average molecular weight is 260 g/mol. The summed E-state index contributed by atoms with van der Waals surface area (Å²) in [7, 11) is 1.55. The number of carbonyl (C=O) groups excluding carboxylic acids is 1. The predicted molar refractivity (Wildman–Crippen MR) is 54.1 cm³/mol. The van der Waals surface area contributed by atoms with Crippen molar-refractivity contribution < 1.29 is 14.3 Å². The maximum absolute atomic E-state index is 11.3. The van der Waals surface area contributed by atoms with Gasteiger partial charge < -0.3 is 9.47 Å². The van der Waals surface area contributed by atoms with Crippen molar-refractivity contribution in [1.29, 1.82) is 0 Å². The van der Waals surface area contributed by atoms with Gasteiger partial charge >= 0.3 is 5.97 Å². The first kappa shape index (κ1) is 11.1. The second kappa shape index (κ2) is 5.72. The number of rotatable bonds is 4. The molecule has 76 valence electrons. The lowest BCUT2D eigenvalue weighted by atomic mass is 10.3. The minimum atomic E-state index is -0.387. The number of nitrogens with zero attached hydrogens (tertiary/aromatic N) is 1. The molecule has 0 saturated carbocycles. The molecule has 1 heterocycles. The molecule has 4 nitrogen and oxygen atoms in total. The van der Waals surface area contributed by atoms with Gasteiger partial charge in [0, 0.05) is 13.3 Å². The van der Waals surface area contributed by atoms with Crippen LogP contribution in [-0.4, -0.2) is 31.3 Å². The fourth-order valence-corrected chi connectivity index (χ4v) is 1.03. The van der Waals surface area contributed by atoms with Crippen molar-refractivity contribution in [3.05, 3.63) is 28.5 Å². The third-order valence-corrected chi connectivity index (χ3v) is 1.95. The predicted octanol–water partition coefficient (Wildman–Crippen LogP) is 1.65. The van der Waals surface area contributed by atoms with Gasteiger partial charge in [-0.1, -0.05) is 0 Å². The number of carbonyl (C=O) groups is 1. The molecule has 14 heavy (non-hydrogen) atoms. The normalized spacial score (nSPS) is 9.86. The van der Waals surface area contributed by atoms with Crippen LogP contribution in [0.25, 0.3) is 0 Å². The lowest BCUT2D eigenvalue weighted by molar-refractivity contribution is 0.0387. The molecule has 0 aliphatic carbocycles. The first-order valence-corrected chi connectivity index (χ1v) is 4.81. The molecule has 0 spiro atoms. The Labute approximate surface area is 90.4 Å². The second-order valence-corrected chi connectivity index (χ2v) is 3.31. The Bertz CT molecular complexity index is 299. The van der Waals surface area contributed by atoms with Crippen molar-refractivity contribution >= 4 is 21.9 Å². The third kappa shape index (κ3) is 3.43. The molecule has 0 atom stereocenters. The molecule has 1 aromatic heterocycles. The molecule has 0 fully saturated rings. The molecule has 0 bridgehead atoms. The maximum Gasteiger partial charge on any atom is 0.339 e. The summed E-state index contributed by atoms with van der Waals surface area (Å²) >= 11 is 3.18. The number of ether oxygens (including phenoxy) is 2. The van der Waals surface area contributed by atoms with Crippen molar-refractivity contribution in [2.75, 3.05) is 20.3 Å². The zero-order chi connectivity index (χ0) is 10.4. The molecule has 5 heteroatoms. The van der Waals surface area contributed by atoms with Gasteiger partial charge in [0.05, 0.1) is 12.2 Å². The van der Waals surface area contributed by atoms with Crippen LogP contribution < -0.4 is 0 Å². The zero-order valence-electron chi connectivity index (χ0n) is 7.70. The van der Waals surface area contributed by atoms with E-state index >= 15 is 0 Å². The zero-order valence-corrected chi connectivity index (χ0v) is 9.28. The Hall–Kier alpha value is -0.940. The quantitative estimate of drug-likeness (QED) is 0.469. The molecular weight excluding hydrogens is 250 g/mol. The van der Waals surface area contributed by atoms with E-state index in [2.05, 4.69) is 20.9 Å². The van der Waals surface area contributed by atoms with Gasteiger partial charge in [-0.15, -0.1) is 0 Å². The van der Waals surface area contributed by atoms with Crippen LogP contribution in [0, 0.1) is 0 Å². The summed E-state index contributed by atoms with van der Waals surface area (Å²) in [6, 6.07) is 3.33. The summed E-state index contributed by atoms with van der Waals surface area (Å²) in [6.45, 7) is 0.654. The lowest BCUT2D eigenvalue weighted by Crippen LogP contribution is -2.10. The Kier molecular flexibility index (Phi) is 4.55. The molecule has 0 radical (unpaired) electrons. The van der Waals surface area contributed by atoms with Crippen LogP contribution in [0.1, 0.15) is 10.4 Å². The number of pyridine rings is 1. The van der Waals surface area contributed by atoms with Gasteiger partial charge in [0.2, 0.25) is 0 Å². The van der Waals surface area contributed by atoms with Crippen LogP contribution in [0.15, 0.2) is 22.9 Å². The topological polar surface area (TPSA) is 48.4 Å². The van der Waals surface area contributed by atoms with E-state index < -0.39 is 0 Å². The van der Waals surface area contributed by atoms with Crippen LogP contribution in [0.5, 0.6) is 0 Å². The van der Waals surface area contributed by atoms with Gasteiger partial charge in [0.15, 0.2) is 0 Å². The molecule has 0 aromatic carbocycles. The van der Waals surface area contributed by atoms with Crippen LogP contribution in [-0.2, 0) is 9.47 Å². The van der Waals surface area contributed by atoms with Gasteiger partial charge in [-0.3, -0.25) is 0 Å². The van der Waals surface area contributed by atoms with Gasteiger partial charge in [0.25, 0.3) is 0 Å². The van der Waals surface area contributed by atoms with E-state index in [0.29, 0.717) is 16.8 Å². The maximum atomic E-state index is 11.3. The van der Waals surface area contributed by atoms with E-state index in [1.165, 1.54) is 6.20 Å². The highest BCUT2D eigenvalue weighted by Crippen LogP contribution is 2.07. The smallest absolute Gasteiger partial charge is 0.339 e. The number of halogens is 1. The third-order valence-electron chi connectivity index (χ3n) is 1.48. The largest absolute Gasteiger partial charge is 0.460 e. The van der Waals surface area contributed by atoms with Crippen molar-refractivity contribution in [2.45, 2.75) is 0 Å². The van der Waals surface area contributed by atoms with Crippen LogP contribution in [0.3, 0.4) is 0 Å². The fourth-order valence-electron chi connectivity index (χ4n) is 0.798. The summed E-state index contributed by atoms with van der Waals surface area (Å²) in [5.74, 6) is -0.387. The standard InChI is InChI=1S/C9H10BrNO3/c1-13-4-5-14-9(12)7-2-3-8(10)11-6-7/h2-3,6H,4-5H2,1H3. The number of aromatic nitrogens is 1. The lowest BCUT2D eigenvalue weighted by Gasteiger charge is -2.03. The molecule has 0 unspecified atom stereocenters. The Morgan fingerprint density at radius 1 is 1.50 bits per heavy atom. The average Bonchev–Trinajstić information content (AvgIpc) is 2.19. The van der Waals surface area contributed by atoms with Crippen molar-refractivity contribution in [2.24, 2.45) is 0 Å². The van der Waals surface area contributed by atoms with Gasteiger partial charge in [-0.2, -0.15) is 0 Å². The number of hydrogen-bond acceptors (Lipinski definition) is 4. The highest BCUT2D eigenvalue weighted by molar-refractivity contribution is 9.10. The summed E-state index contributed by atoms with van der Waals surface area (Å²) in [5, 5.41) is 0. The van der Waals surface area contributed by atoms with E-state index in [0.717, 1.165) is 0 Å². The Morgan fingerprint density at radius 2 is 2.29 bits per heavy atom. The molecule has 0 saturated heterocycles. The SMILES string of the molecule is COCCOC(=O)c1ccc(Br)nc1. The summed E-state index contributed by atoms with van der Waals surface area (Å²) in [6.07, 6.45) is 1.46. The summed E-state index contributed by atoms with van der Waals surface area (Å²) in [5.41, 5.74) is 0.435. The van der Waals surface area contributed by atoms with E-state index in [1.54, 1.807) is 19.2 Å². The Balaban J connectivity index is 2.48. The molecular formula is C9H10BrNO3. The first-order valence-electron chi connectivity index (χ1n) is 4.01. The molecule has 1 rings (SSSR count).